The van der Waals surface area contributed by atoms with Gasteiger partial charge in [0.1, 0.15) is 0 Å². The van der Waals surface area contributed by atoms with Gasteiger partial charge < -0.3 is 0 Å². The van der Waals surface area contributed by atoms with Gasteiger partial charge in [0.2, 0.25) is 5.95 Å². The Bertz CT molecular complexity index is 3690. The Morgan fingerprint density at radius 3 is 1.67 bits per heavy atom. The van der Waals surface area contributed by atoms with Gasteiger partial charge in [-0.1, -0.05) is 201 Å². The third kappa shape index (κ3) is 6.17. The molecule has 3 aromatic heterocycles. The van der Waals surface area contributed by atoms with Crippen molar-refractivity contribution in [3.05, 3.63) is 218 Å². The van der Waals surface area contributed by atoms with Gasteiger partial charge in [-0.15, -0.1) is 11.3 Å². The van der Waals surface area contributed by atoms with Gasteiger partial charge in [0, 0.05) is 47.6 Å². The molecule has 0 saturated carbocycles. The first-order valence-corrected chi connectivity index (χ1v) is 22.2. The van der Waals surface area contributed by atoms with Crippen molar-refractivity contribution >= 4 is 76.2 Å². The normalized spacial score (nSPS) is 11.6. The second kappa shape index (κ2) is 15.3. The molecule has 0 unspecified atom stereocenters. The molecule has 0 fully saturated rings. The zero-order chi connectivity index (χ0) is 42.7. The van der Waals surface area contributed by atoms with E-state index in [9.17, 15) is 0 Å². The number of hydrogen-bond donors (Lipinski definition) is 0. The Morgan fingerprint density at radius 2 is 1.02 bits per heavy atom. The van der Waals surface area contributed by atoms with E-state index in [4.69, 9.17) is 15.0 Å². The van der Waals surface area contributed by atoms with Crippen LogP contribution >= 0.6 is 11.3 Å². The van der Waals surface area contributed by atoms with E-state index in [0.717, 1.165) is 77.4 Å². The van der Waals surface area contributed by atoms with Crippen LogP contribution in [-0.2, 0) is 0 Å². The van der Waals surface area contributed by atoms with Crippen molar-refractivity contribution in [1.29, 1.82) is 0 Å². The Labute approximate surface area is 374 Å². The highest BCUT2D eigenvalue weighted by atomic mass is 32.1. The second-order valence-electron chi connectivity index (χ2n) is 16.1. The van der Waals surface area contributed by atoms with Gasteiger partial charge in [-0.3, -0.25) is 4.57 Å². The van der Waals surface area contributed by atoms with Crippen molar-refractivity contribution in [2.45, 2.75) is 0 Å². The number of hydrogen-bond acceptors (Lipinski definition) is 4. The van der Waals surface area contributed by atoms with E-state index in [2.05, 4.69) is 200 Å². The van der Waals surface area contributed by atoms with Crippen LogP contribution in [0.25, 0.3) is 127 Å². The topological polar surface area (TPSA) is 43.6 Å². The quantitative estimate of drug-likeness (QED) is 0.153. The van der Waals surface area contributed by atoms with Crippen LogP contribution in [0.15, 0.2) is 207 Å². The highest BCUT2D eigenvalue weighted by Crippen LogP contribution is 2.44. The van der Waals surface area contributed by atoms with E-state index < -0.39 is 0 Å². The van der Waals surface area contributed by atoms with Gasteiger partial charge in [0.25, 0.3) is 0 Å². The van der Waals surface area contributed by atoms with Crippen LogP contribution in [0.4, 0.5) is 0 Å². The third-order valence-electron chi connectivity index (χ3n) is 12.4. The first-order chi connectivity index (χ1) is 31.6. The summed E-state index contributed by atoms with van der Waals surface area (Å²) in [4.78, 5) is 16.0. The molecule has 0 aliphatic rings. The molecule has 0 atom stereocenters. The van der Waals surface area contributed by atoms with E-state index in [0.29, 0.717) is 17.6 Å². The van der Waals surface area contributed by atoms with Gasteiger partial charge in [0.05, 0.1) is 11.0 Å². The highest BCUT2D eigenvalue weighted by Gasteiger charge is 2.23. The summed E-state index contributed by atoms with van der Waals surface area (Å²) in [5, 5.41) is 7.25. The van der Waals surface area contributed by atoms with E-state index in [1.165, 1.54) is 30.9 Å². The number of aromatic nitrogens is 4. The van der Waals surface area contributed by atoms with Crippen molar-refractivity contribution in [3.8, 4) is 62.1 Å². The lowest BCUT2D eigenvalue weighted by Crippen LogP contribution is -2.07. The first-order valence-electron chi connectivity index (χ1n) is 21.4. The summed E-state index contributed by atoms with van der Waals surface area (Å²) in [5.41, 5.74) is 12.6. The standard InChI is InChI=1S/C59H38N4S/c1-3-37-31-34-51-54(46(37)4-2)50-21-13-20-48(45-30-33-49-53(36-45)64-52-35-32-42-18-11-12-19-47(42)55(49)52)56(50)63(51)59-61-57(43-26-22-40(23-27-43)38-14-7-5-8-15-38)60-58(62-59)44-28-24-41(25-29-44)39-16-9-6-10-17-39/h3-36H,1-2H2. The maximum atomic E-state index is 5.38. The average molecular weight is 835 g/mol. The molecule has 12 aromatic rings. The number of nitrogens with zero attached hydrogens (tertiary/aromatic N) is 4. The fourth-order valence-corrected chi connectivity index (χ4v) is 10.5. The average Bonchev–Trinajstić information content (AvgIpc) is 3.92. The molecule has 3 heterocycles. The molecular formula is C59H38N4S. The van der Waals surface area contributed by atoms with Gasteiger partial charge in [-0.05, 0) is 67.9 Å². The summed E-state index contributed by atoms with van der Waals surface area (Å²) in [7, 11) is 0. The van der Waals surface area contributed by atoms with Crippen molar-refractivity contribution in [3.63, 3.8) is 0 Å². The monoisotopic (exact) mass is 834 g/mol. The molecule has 0 spiro atoms. The Hall–Kier alpha value is -8.25. The smallest absolute Gasteiger partial charge is 0.238 e. The van der Waals surface area contributed by atoms with Crippen LogP contribution in [0.1, 0.15) is 11.1 Å². The van der Waals surface area contributed by atoms with Crippen LogP contribution < -0.4 is 0 Å². The molecule has 0 N–H and O–H groups in total. The van der Waals surface area contributed by atoms with Crippen LogP contribution in [0.2, 0.25) is 0 Å². The summed E-state index contributed by atoms with van der Waals surface area (Å²) < 4.78 is 4.75. The number of thiophene rings is 1. The lowest BCUT2D eigenvalue weighted by atomic mass is 9.97. The molecule has 12 rings (SSSR count). The third-order valence-corrected chi connectivity index (χ3v) is 13.6. The number of fused-ring (bicyclic) bond motifs is 8. The zero-order valence-corrected chi connectivity index (χ0v) is 35.6. The zero-order valence-electron chi connectivity index (χ0n) is 34.7. The minimum absolute atomic E-state index is 0.530. The Morgan fingerprint density at radius 1 is 0.422 bits per heavy atom. The predicted octanol–water partition coefficient (Wildman–Crippen LogP) is 16.1. The van der Waals surface area contributed by atoms with Gasteiger partial charge in [-0.25, -0.2) is 4.98 Å². The lowest BCUT2D eigenvalue weighted by molar-refractivity contribution is 0.954. The molecule has 9 aromatic carbocycles. The minimum Gasteiger partial charge on any atom is -0.277 e. The maximum Gasteiger partial charge on any atom is 0.238 e. The number of rotatable bonds is 8. The summed E-state index contributed by atoms with van der Waals surface area (Å²) in [6.07, 6.45) is 3.84. The van der Waals surface area contributed by atoms with Crippen LogP contribution in [-0.4, -0.2) is 19.5 Å². The Balaban J connectivity index is 1.11. The predicted molar refractivity (Wildman–Crippen MR) is 272 cm³/mol. The second-order valence-corrected chi connectivity index (χ2v) is 17.1. The molecule has 4 nitrogen and oxygen atoms in total. The van der Waals surface area contributed by atoms with Crippen molar-refractivity contribution in [2.75, 3.05) is 0 Å². The van der Waals surface area contributed by atoms with Crippen LogP contribution in [0.5, 0.6) is 0 Å². The molecule has 0 radical (unpaired) electrons. The summed E-state index contributed by atoms with van der Waals surface area (Å²) in [6, 6.07) is 68.8. The molecule has 300 valence electrons. The molecule has 0 bridgehead atoms. The highest BCUT2D eigenvalue weighted by molar-refractivity contribution is 7.26. The molecule has 0 aliphatic heterocycles. The molecule has 0 amide bonds. The van der Waals surface area contributed by atoms with Crippen molar-refractivity contribution in [1.82, 2.24) is 19.5 Å². The van der Waals surface area contributed by atoms with Crippen LogP contribution in [0.3, 0.4) is 0 Å². The van der Waals surface area contributed by atoms with Gasteiger partial charge >= 0.3 is 0 Å². The summed E-state index contributed by atoms with van der Waals surface area (Å²) in [6.45, 7) is 8.48. The molecule has 64 heavy (non-hydrogen) atoms. The lowest BCUT2D eigenvalue weighted by Gasteiger charge is -2.14. The van der Waals surface area contributed by atoms with Gasteiger partial charge in [-0.2, -0.15) is 9.97 Å². The van der Waals surface area contributed by atoms with Crippen molar-refractivity contribution in [2.24, 2.45) is 0 Å². The summed E-state index contributed by atoms with van der Waals surface area (Å²) >= 11 is 1.84. The first kappa shape index (κ1) is 37.5. The minimum atomic E-state index is 0.530. The summed E-state index contributed by atoms with van der Waals surface area (Å²) in [5.74, 6) is 1.71. The molecular weight excluding hydrogens is 797 g/mol. The molecule has 0 saturated heterocycles. The largest absolute Gasteiger partial charge is 0.277 e. The maximum absolute atomic E-state index is 5.38. The van der Waals surface area contributed by atoms with E-state index in [1.807, 2.05) is 35.6 Å². The number of para-hydroxylation sites is 1. The Kier molecular flexibility index (Phi) is 8.95. The van der Waals surface area contributed by atoms with E-state index in [1.54, 1.807) is 0 Å². The SMILES string of the molecule is C=Cc1ccc2c(c1C=C)c1cccc(-c3ccc4c(c3)sc3ccc5ccccc5c34)c1n2-c1nc(-c2ccc(-c3ccccc3)cc2)nc(-c2ccc(-c3ccccc3)cc2)n1. The molecule has 5 heteroatoms. The number of benzene rings is 9. The van der Waals surface area contributed by atoms with E-state index >= 15 is 0 Å². The fraction of sp³-hybridized carbons (Fsp3) is 0. The van der Waals surface area contributed by atoms with Crippen molar-refractivity contribution < 1.29 is 0 Å². The fourth-order valence-electron chi connectivity index (χ4n) is 9.36. The molecule has 0 aliphatic carbocycles. The van der Waals surface area contributed by atoms with Crippen LogP contribution in [0, 0.1) is 0 Å². The van der Waals surface area contributed by atoms with Gasteiger partial charge in [0.15, 0.2) is 11.6 Å². The van der Waals surface area contributed by atoms with E-state index in [-0.39, 0.29) is 0 Å².